The molecule has 0 saturated carbocycles. The van der Waals surface area contributed by atoms with E-state index in [4.69, 9.17) is 0 Å². The SMILES string of the molecule is c1nc2cc3[nH]cnc3cc2[nH]1. The third-order valence-electron chi connectivity index (χ3n) is 1.96. The van der Waals surface area contributed by atoms with Crippen molar-refractivity contribution in [3.63, 3.8) is 0 Å². The average Bonchev–Trinajstić information content (AvgIpc) is 2.64. The van der Waals surface area contributed by atoms with Gasteiger partial charge in [-0.2, -0.15) is 0 Å². The lowest BCUT2D eigenvalue weighted by atomic mass is 10.3. The van der Waals surface area contributed by atoms with Crippen LogP contribution in [-0.2, 0) is 0 Å². The van der Waals surface area contributed by atoms with E-state index in [0.29, 0.717) is 0 Å². The molecule has 0 unspecified atom stereocenters. The van der Waals surface area contributed by atoms with Crippen LogP contribution in [0, 0.1) is 0 Å². The molecule has 4 nitrogen and oxygen atoms in total. The Bertz CT molecular complexity index is 443. The second-order valence-corrected chi connectivity index (χ2v) is 2.69. The van der Waals surface area contributed by atoms with Gasteiger partial charge < -0.3 is 9.97 Å². The van der Waals surface area contributed by atoms with Crippen LogP contribution >= 0.6 is 0 Å². The Morgan fingerprint density at radius 3 is 1.83 bits per heavy atom. The van der Waals surface area contributed by atoms with Crippen molar-refractivity contribution in [2.75, 3.05) is 0 Å². The maximum Gasteiger partial charge on any atom is 0.0931 e. The summed E-state index contributed by atoms with van der Waals surface area (Å²) in [5, 5.41) is 0. The molecule has 12 heavy (non-hydrogen) atoms. The third-order valence-corrected chi connectivity index (χ3v) is 1.96. The molecule has 3 rings (SSSR count). The topological polar surface area (TPSA) is 57.4 Å². The molecule has 0 atom stereocenters. The van der Waals surface area contributed by atoms with Gasteiger partial charge in [0.05, 0.1) is 34.7 Å². The molecular weight excluding hydrogens is 152 g/mol. The van der Waals surface area contributed by atoms with Crippen molar-refractivity contribution in [2.24, 2.45) is 0 Å². The molecule has 0 aliphatic carbocycles. The summed E-state index contributed by atoms with van der Waals surface area (Å²) in [6, 6.07) is 3.96. The summed E-state index contributed by atoms with van der Waals surface area (Å²) in [7, 11) is 0. The van der Waals surface area contributed by atoms with Crippen molar-refractivity contribution >= 4 is 22.1 Å². The van der Waals surface area contributed by atoms with Crippen LogP contribution in [0.4, 0.5) is 0 Å². The van der Waals surface area contributed by atoms with Gasteiger partial charge in [-0.05, 0) is 12.1 Å². The zero-order chi connectivity index (χ0) is 7.97. The van der Waals surface area contributed by atoms with Gasteiger partial charge in [0, 0.05) is 0 Å². The van der Waals surface area contributed by atoms with Gasteiger partial charge in [-0.3, -0.25) is 0 Å². The minimum absolute atomic E-state index is 0.965. The predicted molar refractivity (Wildman–Crippen MR) is 45.7 cm³/mol. The molecule has 2 aromatic heterocycles. The summed E-state index contributed by atoms with van der Waals surface area (Å²) in [6.07, 6.45) is 3.37. The van der Waals surface area contributed by atoms with Crippen LogP contribution in [0.3, 0.4) is 0 Å². The van der Waals surface area contributed by atoms with Crippen molar-refractivity contribution in [1.82, 2.24) is 19.9 Å². The Hall–Kier alpha value is -1.84. The van der Waals surface area contributed by atoms with Crippen LogP contribution in [0.5, 0.6) is 0 Å². The van der Waals surface area contributed by atoms with Gasteiger partial charge in [0.15, 0.2) is 0 Å². The highest BCUT2D eigenvalue weighted by Crippen LogP contribution is 2.16. The molecule has 0 spiro atoms. The van der Waals surface area contributed by atoms with Crippen LogP contribution in [0.1, 0.15) is 0 Å². The van der Waals surface area contributed by atoms with Crippen LogP contribution in [0.15, 0.2) is 24.8 Å². The quantitative estimate of drug-likeness (QED) is 0.520. The van der Waals surface area contributed by atoms with E-state index in [0.717, 1.165) is 22.1 Å². The number of nitrogens with one attached hydrogen (secondary N) is 2. The number of nitrogens with zero attached hydrogens (tertiary/aromatic N) is 2. The van der Waals surface area contributed by atoms with Gasteiger partial charge in [0.25, 0.3) is 0 Å². The largest absolute Gasteiger partial charge is 0.345 e. The number of aromatic amines is 2. The number of benzene rings is 1. The molecule has 0 aliphatic rings. The molecule has 3 aromatic rings. The van der Waals surface area contributed by atoms with E-state index in [2.05, 4.69) is 19.9 Å². The Morgan fingerprint density at radius 2 is 1.33 bits per heavy atom. The van der Waals surface area contributed by atoms with E-state index in [1.54, 1.807) is 12.7 Å². The van der Waals surface area contributed by atoms with Crippen molar-refractivity contribution in [3.8, 4) is 0 Å². The highest BCUT2D eigenvalue weighted by atomic mass is 14.9. The molecule has 0 saturated heterocycles. The molecule has 0 radical (unpaired) electrons. The zero-order valence-electron chi connectivity index (χ0n) is 6.20. The van der Waals surface area contributed by atoms with Gasteiger partial charge in [-0.25, -0.2) is 9.97 Å². The van der Waals surface area contributed by atoms with Gasteiger partial charge in [0.2, 0.25) is 0 Å². The van der Waals surface area contributed by atoms with E-state index < -0.39 is 0 Å². The lowest BCUT2D eigenvalue weighted by Crippen LogP contribution is -1.71. The normalized spacial score (nSPS) is 11.3. The highest BCUT2D eigenvalue weighted by Gasteiger charge is 1.99. The van der Waals surface area contributed by atoms with Gasteiger partial charge in [0.1, 0.15) is 0 Å². The first kappa shape index (κ1) is 5.77. The van der Waals surface area contributed by atoms with Crippen molar-refractivity contribution in [1.29, 1.82) is 0 Å². The van der Waals surface area contributed by atoms with E-state index in [1.165, 1.54) is 0 Å². The Morgan fingerprint density at radius 1 is 0.833 bits per heavy atom. The van der Waals surface area contributed by atoms with Crippen LogP contribution in [0.2, 0.25) is 0 Å². The second kappa shape index (κ2) is 1.85. The fraction of sp³-hybridized carbons (Fsp3) is 0. The lowest BCUT2D eigenvalue weighted by Gasteiger charge is -1.87. The van der Waals surface area contributed by atoms with Crippen molar-refractivity contribution in [2.45, 2.75) is 0 Å². The summed E-state index contributed by atoms with van der Waals surface area (Å²) < 4.78 is 0. The van der Waals surface area contributed by atoms with Crippen molar-refractivity contribution in [3.05, 3.63) is 24.8 Å². The number of fused-ring (bicyclic) bond motifs is 2. The summed E-state index contributed by atoms with van der Waals surface area (Å²) >= 11 is 0. The molecule has 4 heteroatoms. The number of hydrogen-bond donors (Lipinski definition) is 2. The van der Waals surface area contributed by atoms with E-state index in [-0.39, 0.29) is 0 Å². The Labute approximate surface area is 67.7 Å². The van der Waals surface area contributed by atoms with Gasteiger partial charge >= 0.3 is 0 Å². The van der Waals surface area contributed by atoms with Crippen LogP contribution < -0.4 is 0 Å². The maximum atomic E-state index is 4.15. The number of H-pyrrole nitrogens is 2. The maximum absolute atomic E-state index is 4.15. The monoisotopic (exact) mass is 158 g/mol. The molecule has 0 bridgehead atoms. The standard InChI is InChI=1S/C8H6N4/c1-5-7(11-3-9-5)2-8-6(1)10-4-12-8/h1-4H,(H,9,11)(H,10,12). The van der Waals surface area contributed by atoms with E-state index >= 15 is 0 Å². The number of imidazole rings is 2. The Kier molecular flexibility index (Phi) is 0.889. The molecule has 1 aromatic carbocycles. The Balaban J connectivity index is 2.62. The summed E-state index contributed by atoms with van der Waals surface area (Å²) in [5.74, 6) is 0. The minimum Gasteiger partial charge on any atom is -0.345 e. The molecule has 2 heterocycles. The number of aromatic nitrogens is 4. The molecule has 2 N–H and O–H groups in total. The lowest BCUT2D eigenvalue weighted by molar-refractivity contribution is 1.33. The molecule has 0 fully saturated rings. The minimum atomic E-state index is 0.965. The van der Waals surface area contributed by atoms with Crippen LogP contribution in [-0.4, -0.2) is 19.9 Å². The number of hydrogen-bond acceptors (Lipinski definition) is 2. The third kappa shape index (κ3) is 0.611. The summed E-state index contributed by atoms with van der Waals surface area (Å²) in [6.45, 7) is 0. The predicted octanol–water partition coefficient (Wildman–Crippen LogP) is 1.44. The molecule has 0 amide bonds. The molecular formula is C8H6N4. The van der Waals surface area contributed by atoms with Gasteiger partial charge in [-0.15, -0.1) is 0 Å². The first-order valence-electron chi connectivity index (χ1n) is 3.70. The number of rotatable bonds is 0. The van der Waals surface area contributed by atoms with Crippen LogP contribution in [0.25, 0.3) is 22.1 Å². The molecule has 0 aliphatic heterocycles. The van der Waals surface area contributed by atoms with E-state index in [9.17, 15) is 0 Å². The molecule has 58 valence electrons. The first-order chi connectivity index (χ1) is 5.93. The van der Waals surface area contributed by atoms with Gasteiger partial charge in [-0.1, -0.05) is 0 Å². The average molecular weight is 158 g/mol. The first-order valence-corrected chi connectivity index (χ1v) is 3.70. The second-order valence-electron chi connectivity index (χ2n) is 2.69. The van der Waals surface area contributed by atoms with Crippen molar-refractivity contribution < 1.29 is 0 Å². The smallest absolute Gasteiger partial charge is 0.0931 e. The fourth-order valence-electron chi connectivity index (χ4n) is 1.36. The summed E-state index contributed by atoms with van der Waals surface area (Å²) in [5.41, 5.74) is 3.97. The fourth-order valence-corrected chi connectivity index (χ4v) is 1.36. The highest BCUT2D eigenvalue weighted by molar-refractivity contribution is 5.90. The zero-order valence-corrected chi connectivity index (χ0v) is 6.20. The van der Waals surface area contributed by atoms with E-state index in [1.807, 2.05) is 12.1 Å². The summed E-state index contributed by atoms with van der Waals surface area (Å²) in [4.78, 5) is 14.4.